The van der Waals surface area contributed by atoms with E-state index in [1.54, 1.807) is 39.5 Å². The van der Waals surface area contributed by atoms with Gasteiger partial charge < -0.3 is 15.4 Å². The number of rotatable bonds is 5. The molecule has 3 rings (SSSR count). The molecule has 0 bridgehead atoms. The van der Waals surface area contributed by atoms with Crippen molar-refractivity contribution >= 4 is 40.0 Å². The highest BCUT2D eigenvalue weighted by atomic mass is 35.5. The normalized spacial score (nSPS) is 10.8. The Labute approximate surface area is 161 Å². The van der Waals surface area contributed by atoms with Crippen molar-refractivity contribution in [3.8, 4) is 5.75 Å². The number of aryl methyl sites for hydroxylation is 2. The fourth-order valence-electron chi connectivity index (χ4n) is 3.07. The number of amides is 2. The number of methoxy groups -OCH3 is 1. The largest absolute Gasteiger partial charge is 0.495 e. The van der Waals surface area contributed by atoms with Gasteiger partial charge in [0.1, 0.15) is 5.75 Å². The van der Waals surface area contributed by atoms with E-state index in [0.29, 0.717) is 35.2 Å². The second-order valence-electron chi connectivity index (χ2n) is 5.90. The molecule has 0 saturated heterocycles. The number of fused-ring (bicyclic) bond motifs is 1. The molecule has 0 radical (unpaired) electrons. The van der Waals surface area contributed by atoms with Crippen LogP contribution in [0.1, 0.15) is 13.8 Å². The fourth-order valence-corrected chi connectivity index (χ4v) is 3.24. The zero-order valence-corrected chi connectivity index (χ0v) is 16.1. The molecule has 0 saturated carbocycles. The number of hydrogen-bond acceptors (Lipinski definition) is 3. The molecule has 27 heavy (non-hydrogen) atoms. The number of nitrogens with one attached hydrogen (secondary N) is 2. The summed E-state index contributed by atoms with van der Waals surface area (Å²) in [5.41, 5.74) is 2.61. The van der Waals surface area contributed by atoms with Crippen molar-refractivity contribution in [1.82, 2.24) is 9.13 Å². The second-order valence-corrected chi connectivity index (χ2v) is 6.33. The van der Waals surface area contributed by atoms with E-state index in [0.717, 1.165) is 11.0 Å². The van der Waals surface area contributed by atoms with Crippen molar-refractivity contribution in [2.75, 3.05) is 17.7 Å². The van der Waals surface area contributed by atoms with E-state index in [9.17, 15) is 9.59 Å². The van der Waals surface area contributed by atoms with Gasteiger partial charge in [0.15, 0.2) is 0 Å². The number of carbonyl (C=O) groups excluding carboxylic acids is 1. The molecule has 142 valence electrons. The van der Waals surface area contributed by atoms with E-state index in [1.807, 2.05) is 19.9 Å². The molecule has 1 aromatic heterocycles. The first-order valence-corrected chi connectivity index (χ1v) is 9.00. The van der Waals surface area contributed by atoms with E-state index in [1.165, 1.54) is 7.11 Å². The summed E-state index contributed by atoms with van der Waals surface area (Å²) in [4.78, 5) is 24.8. The van der Waals surface area contributed by atoms with E-state index in [4.69, 9.17) is 16.3 Å². The van der Waals surface area contributed by atoms with Gasteiger partial charge in [-0.15, -0.1) is 0 Å². The average molecular weight is 389 g/mol. The van der Waals surface area contributed by atoms with Gasteiger partial charge in [-0.25, -0.2) is 9.59 Å². The molecule has 0 unspecified atom stereocenters. The third-order valence-electron chi connectivity index (χ3n) is 4.32. The molecule has 2 N–H and O–H groups in total. The third-order valence-corrected chi connectivity index (χ3v) is 4.55. The number of carbonyl (C=O) groups is 1. The van der Waals surface area contributed by atoms with Crippen molar-refractivity contribution in [3.63, 3.8) is 0 Å². The summed E-state index contributed by atoms with van der Waals surface area (Å²) in [7, 11) is 1.52. The first kappa shape index (κ1) is 18.8. The zero-order valence-electron chi connectivity index (χ0n) is 15.4. The highest BCUT2D eigenvalue weighted by Gasteiger charge is 2.13. The Morgan fingerprint density at radius 1 is 1.04 bits per heavy atom. The summed E-state index contributed by atoms with van der Waals surface area (Å²) >= 11 is 5.99. The lowest BCUT2D eigenvalue weighted by Crippen LogP contribution is -2.23. The van der Waals surface area contributed by atoms with Gasteiger partial charge in [0.2, 0.25) is 0 Å². The quantitative estimate of drug-likeness (QED) is 0.689. The smallest absolute Gasteiger partial charge is 0.329 e. The summed E-state index contributed by atoms with van der Waals surface area (Å²) in [6.45, 7) is 4.99. The van der Waals surface area contributed by atoms with Gasteiger partial charge in [-0.05, 0) is 50.2 Å². The molecule has 2 amide bonds. The number of hydrogen-bond donors (Lipinski definition) is 2. The van der Waals surface area contributed by atoms with E-state index in [-0.39, 0.29) is 5.69 Å². The highest BCUT2D eigenvalue weighted by molar-refractivity contribution is 6.31. The Balaban J connectivity index is 1.87. The molecule has 0 aliphatic heterocycles. The predicted molar refractivity (Wildman–Crippen MR) is 108 cm³/mol. The number of urea groups is 1. The van der Waals surface area contributed by atoms with Crippen LogP contribution in [0.3, 0.4) is 0 Å². The van der Waals surface area contributed by atoms with Crippen molar-refractivity contribution in [2.45, 2.75) is 26.9 Å². The van der Waals surface area contributed by atoms with Crippen LogP contribution >= 0.6 is 11.6 Å². The lowest BCUT2D eigenvalue weighted by Gasteiger charge is -2.12. The maximum Gasteiger partial charge on any atom is 0.329 e. The minimum Gasteiger partial charge on any atom is -0.495 e. The summed E-state index contributed by atoms with van der Waals surface area (Å²) in [5.74, 6) is 0.504. The first-order valence-electron chi connectivity index (χ1n) is 8.63. The van der Waals surface area contributed by atoms with Gasteiger partial charge in [0.05, 0.1) is 23.8 Å². The van der Waals surface area contributed by atoms with Crippen LogP contribution in [0.15, 0.2) is 41.2 Å². The Kier molecular flexibility index (Phi) is 5.41. The minimum absolute atomic E-state index is 0.0553. The second kappa shape index (κ2) is 7.75. The lowest BCUT2D eigenvalue weighted by molar-refractivity contribution is 0.262. The number of aromatic nitrogens is 2. The van der Waals surface area contributed by atoms with Gasteiger partial charge in [0, 0.05) is 23.8 Å². The van der Waals surface area contributed by atoms with Gasteiger partial charge in [0.25, 0.3) is 0 Å². The molecule has 3 aromatic rings. The van der Waals surface area contributed by atoms with Gasteiger partial charge >= 0.3 is 11.7 Å². The topological polar surface area (TPSA) is 77.3 Å². The Morgan fingerprint density at radius 2 is 1.74 bits per heavy atom. The van der Waals surface area contributed by atoms with Crippen LogP contribution in [0.2, 0.25) is 5.02 Å². The molecule has 2 aromatic carbocycles. The molecule has 1 heterocycles. The monoisotopic (exact) mass is 388 g/mol. The average Bonchev–Trinajstić information content (AvgIpc) is 2.91. The standard InChI is InChI=1S/C19H21ClN4O3/c1-4-23-15-8-7-13(11-16(15)24(5-2)19(23)26)21-18(25)22-14-10-12(20)6-9-17(14)27-3/h6-11H,4-5H2,1-3H3,(H2,21,22,25). The number of nitrogens with zero attached hydrogens (tertiary/aromatic N) is 2. The summed E-state index contributed by atoms with van der Waals surface area (Å²) < 4.78 is 8.62. The summed E-state index contributed by atoms with van der Waals surface area (Å²) in [5, 5.41) is 5.99. The van der Waals surface area contributed by atoms with Crippen LogP contribution in [-0.4, -0.2) is 22.3 Å². The molecule has 0 aliphatic carbocycles. The third kappa shape index (κ3) is 3.64. The zero-order chi connectivity index (χ0) is 19.6. The van der Waals surface area contributed by atoms with Crippen LogP contribution in [0.5, 0.6) is 5.75 Å². The molecule has 0 fully saturated rings. The van der Waals surface area contributed by atoms with E-state index in [2.05, 4.69) is 10.6 Å². The van der Waals surface area contributed by atoms with Crippen LogP contribution in [0, 0.1) is 0 Å². The van der Waals surface area contributed by atoms with Crippen molar-refractivity contribution in [1.29, 1.82) is 0 Å². The summed E-state index contributed by atoms with van der Waals surface area (Å²) in [6, 6.07) is 9.93. The first-order chi connectivity index (χ1) is 13.0. The fraction of sp³-hybridized carbons (Fsp3) is 0.263. The molecule has 0 spiro atoms. The highest BCUT2D eigenvalue weighted by Crippen LogP contribution is 2.28. The van der Waals surface area contributed by atoms with Crippen molar-refractivity contribution in [3.05, 3.63) is 51.9 Å². The van der Waals surface area contributed by atoms with Crippen molar-refractivity contribution in [2.24, 2.45) is 0 Å². The predicted octanol–water partition coefficient (Wildman–Crippen LogP) is 4.15. The van der Waals surface area contributed by atoms with Crippen LogP contribution in [0.4, 0.5) is 16.2 Å². The number of imidazole rings is 1. The molecule has 7 nitrogen and oxygen atoms in total. The van der Waals surface area contributed by atoms with Crippen molar-refractivity contribution < 1.29 is 9.53 Å². The number of halogens is 1. The van der Waals surface area contributed by atoms with Gasteiger partial charge in [-0.1, -0.05) is 11.6 Å². The van der Waals surface area contributed by atoms with Gasteiger partial charge in [-0.3, -0.25) is 9.13 Å². The lowest BCUT2D eigenvalue weighted by atomic mass is 10.2. The molecular weight excluding hydrogens is 368 g/mol. The van der Waals surface area contributed by atoms with E-state index < -0.39 is 6.03 Å². The Morgan fingerprint density at radius 3 is 2.41 bits per heavy atom. The molecule has 8 heteroatoms. The molecule has 0 aliphatic rings. The minimum atomic E-state index is -0.435. The van der Waals surface area contributed by atoms with Crippen LogP contribution < -0.4 is 21.1 Å². The molecular formula is C19H21ClN4O3. The van der Waals surface area contributed by atoms with Crippen LogP contribution in [-0.2, 0) is 13.1 Å². The van der Waals surface area contributed by atoms with E-state index >= 15 is 0 Å². The number of anilines is 2. The number of ether oxygens (including phenoxy) is 1. The maximum atomic E-state index is 12.4. The SMILES string of the molecule is CCn1c(=O)n(CC)c2cc(NC(=O)Nc3cc(Cl)ccc3OC)ccc21. The molecule has 0 atom stereocenters. The Bertz CT molecular complexity index is 1060. The number of benzene rings is 2. The summed E-state index contributed by atoms with van der Waals surface area (Å²) in [6.07, 6.45) is 0. The van der Waals surface area contributed by atoms with Gasteiger partial charge in [-0.2, -0.15) is 0 Å². The Hall–Kier alpha value is -2.93. The van der Waals surface area contributed by atoms with Crippen LogP contribution in [0.25, 0.3) is 11.0 Å². The maximum absolute atomic E-state index is 12.4.